The van der Waals surface area contributed by atoms with Crippen molar-refractivity contribution in [1.29, 1.82) is 0 Å². The number of nitrogens with zero attached hydrogens (tertiary/aromatic N) is 4. The van der Waals surface area contributed by atoms with Gasteiger partial charge in [0.1, 0.15) is 17.3 Å². The van der Waals surface area contributed by atoms with Gasteiger partial charge in [-0.2, -0.15) is 0 Å². The van der Waals surface area contributed by atoms with E-state index in [0.717, 1.165) is 42.7 Å². The van der Waals surface area contributed by atoms with Gasteiger partial charge >= 0.3 is 0 Å². The first-order valence-corrected chi connectivity index (χ1v) is 7.60. The lowest BCUT2D eigenvalue weighted by Crippen LogP contribution is -2.18. The van der Waals surface area contributed by atoms with Crippen molar-refractivity contribution in [3.8, 4) is 11.5 Å². The van der Waals surface area contributed by atoms with Crippen LogP contribution in [0.2, 0.25) is 0 Å². The summed E-state index contributed by atoms with van der Waals surface area (Å²) in [5.74, 6) is 2.60. The highest BCUT2D eigenvalue weighted by Gasteiger charge is 2.20. The zero-order chi connectivity index (χ0) is 15.5. The van der Waals surface area contributed by atoms with Gasteiger partial charge in [-0.25, -0.2) is 15.0 Å². The number of imidazole rings is 1. The van der Waals surface area contributed by atoms with Crippen LogP contribution in [0.3, 0.4) is 0 Å². The molecule has 0 radical (unpaired) electrons. The van der Waals surface area contributed by atoms with Crippen molar-refractivity contribution < 1.29 is 0 Å². The highest BCUT2D eigenvalue weighted by molar-refractivity contribution is 5.56. The van der Waals surface area contributed by atoms with E-state index in [1.165, 1.54) is 0 Å². The number of rotatable bonds is 5. The fraction of sp³-hybridized carbons (Fsp3) is 0.562. The summed E-state index contributed by atoms with van der Waals surface area (Å²) >= 11 is 0. The van der Waals surface area contributed by atoms with E-state index in [0.29, 0.717) is 0 Å². The number of aryl methyl sites for hydroxylation is 1. The second-order valence-corrected chi connectivity index (χ2v) is 6.18. The number of hydrogen-bond donors (Lipinski definition) is 1. The summed E-state index contributed by atoms with van der Waals surface area (Å²) in [4.78, 5) is 13.8. The normalized spacial score (nSPS) is 11.7. The van der Waals surface area contributed by atoms with Crippen molar-refractivity contribution in [3.63, 3.8) is 0 Å². The molecule has 5 nitrogen and oxygen atoms in total. The van der Waals surface area contributed by atoms with Crippen molar-refractivity contribution in [2.45, 2.75) is 53.0 Å². The Morgan fingerprint density at radius 2 is 1.95 bits per heavy atom. The Labute approximate surface area is 126 Å². The molecule has 0 atom stereocenters. The lowest BCUT2D eigenvalue weighted by Gasteiger charge is -2.19. The quantitative estimate of drug-likeness (QED) is 0.914. The van der Waals surface area contributed by atoms with Gasteiger partial charge in [0.05, 0.1) is 0 Å². The molecule has 0 saturated heterocycles. The SMILES string of the molecule is CCCNc1cc(-c2nccn2CC)nc(C(C)(C)C)n1. The molecule has 5 heteroatoms. The van der Waals surface area contributed by atoms with E-state index in [4.69, 9.17) is 4.98 Å². The monoisotopic (exact) mass is 287 g/mol. The Morgan fingerprint density at radius 1 is 1.19 bits per heavy atom. The molecule has 0 saturated carbocycles. The predicted molar refractivity (Wildman–Crippen MR) is 86.4 cm³/mol. The molecule has 2 aromatic heterocycles. The Bertz CT molecular complexity index is 595. The van der Waals surface area contributed by atoms with Gasteiger partial charge in [0.15, 0.2) is 5.82 Å². The number of aromatic nitrogens is 4. The fourth-order valence-electron chi connectivity index (χ4n) is 2.04. The van der Waals surface area contributed by atoms with E-state index < -0.39 is 0 Å². The summed E-state index contributed by atoms with van der Waals surface area (Å²) in [5, 5.41) is 3.36. The number of anilines is 1. The molecular formula is C16H25N5. The van der Waals surface area contributed by atoms with Crippen LogP contribution >= 0.6 is 0 Å². The molecular weight excluding hydrogens is 262 g/mol. The van der Waals surface area contributed by atoms with Gasteiger partial charge in [-0.15, -0.1) is 0 Å². The smallest absolute Gasteiger partial charge is 0.158 e. The average molecular weight is 287 g/mol. The largest absolute Gasteiger partial charge is 0.370 e. The van der Waals surface area contributed by atoms with Gasteiger partial charge in [-0.1, -0.05) is 27.7 Å². The molecule has 2 heterocycles. The number of nitrogens with one attached hydrogen (secondary N) is 1. The zero-order valence-corrected chi connectivity index (χ0v) is 13.6. The maximum absolute atomic E-state index is 4.73. The Kier molecular flexibility index (Phi) is 4.60. The second kappa shape index (κ2) is 6.24. The summed E-state index contributed by atoms with van der Waals surface area (Å²) in [6.45, 7) is 12.4. The standard InChI is InChI=1S/C16H25N5/c1-6-8-17-13-11-12(14-18-9-10-21(14)7-2)19-15(20-13)16(3,4)5/h9-11H,6-8H2,1-5H3,(H,17,19,20). The molecule has 0 fully saturated rings. The van der Waals surface area contributed by atoms with E-state index in [2.05, 4.69) is 54.5 Å². The zero-order valence-electron chi connectivity index (χ0n) is 13.6. The van der Waals surface area contributed by atoms with E-state index >= 15 is 0 Å². The molecule has 0 spiro atoms. The van der Waals surface area contributed by atoms with Gasteiger partial charge < -0.3 is 9.88 Å². The minimum Gasteiger partial charge on any atom is -0.370 e. The van der Waals surface area contributed by atoms with Crippen LogP contribution in [0.1, 0.15) is 46.9 Å². The van der Waals surface area contributed by atoms with Crippen molar-refractivity contribution in [3.05, 3.63) is 24.3 Å². The Balaban J connectivity index is 2.49. The Hall–Kier alpha value is -1.91. The molecule has 0 unspecified atom stereocenters. The molecule has 0 aromatic carbocycles. The summed E-state index contributed by atoms with van der Waals surface area (Å²) in [6, 6.07) is 1.99. The van der Waals surface area contributed by atoms with E-state index in [1.54, 1.807) is 0 Å². The maximum atomic E-state index is 4.73. The van der Waals surface area contributed by atoms with Gasteiger partial charge in [-0.3, -0.25) is 0 Å². The van der Waals surface area contributed by atoms with Crippen LogP contribution in [0, 0.1) is 0 Å². The van der Waals surface area contributed by atoms with E-state index in [9.17, 15) is 0 Å². The third-order valence-electron chi connectivity index (χ3n) is 3.24. The molecule has 0 amide bonds. The van der Waals surface area contributed by atoms with Gasteiger partial charge in [-0.05, 0) is 13.3 Å². The first-order chi connectivity index (χ1) is 9.95. The van der Waals surface area contributed by atoms with Crippen LogP contribution < -0.4 is 5.32 Å². The molecule has 0 aliphatic carbocycles. The predicted octanol–water partition coefficient (Wildman–Crippen LogP) is 3.48. The lowest BCUT2D eigenvalue weighted by molar-refractivity contribution is 0.546. The molecule has 21 heavy (non-hydrogen) atoms. The van der Waals surface area contributed by atoms with Crippen LogP contribution in [0.25, 0.3) is 11.5 Å². The van der Waals surface area contributed by atoms with Crippen LogP contribution in [0.4, 0.5) is 5.82 Å². The van der Waals surface area contributed by atoms with Crippen molar-refractivity contribution in [2.75, 3.05) is 11.9 Å². The van der Waals surface area contributed by atoms with Crippen molar-refractivity contribution >= 4 is 5.82 Å². The van der Waals surface area contributed by atoms with Crippen LogP contribution in [0.5, 0.6) is 0 Å². The summed E-state index contributed by atoms with van der Waals surface area (Å²) in [7, 11) is 0. The Morgan fingerprint density at radius 3 is 2.57 bits per heavy atom. The molecule has 0 bridgehead atoms. The van der Waals surface area contributed by atoms with Crippen LogP contribution in [0.15, 0.2) is 18.5 Å². The summed E-state index contributed by atoms with van der Waals surface area (Å²) in [6.07, 6.45) is 4.86. The summed E-state index contributed by atoms with van der Waals surface area (Å²) in [5.41, 5.74) is 0.780. The topological polar surface area (TPSA) is 55.6 Å². The maximum Gasteiger partial charge on any atom is 0.158 e. The molecule has 114 valence electrons. The first kappa shape index (κ1) is 15.5. The van der Waals surface area contributed by atoms with E-state index in [1.807, 2.05) is 18.5 Å². The minimum absolute atomic E-state index is 0.0949. The molecule has 2 rings (SSSR count). The van der Waals surface area contributed by atoms with Gasteiger partial charge in [0.2, 0.25) is 0 Å². The van der Waals surface area contributed by atoms with Gasteiger partial charge in [0.25, 0.3) is 0 Å². The highest BCUT2D eigenvalue weighted by atomic mass is 15.1. The van der Waals surface area contributed by atoms with Crippen molar-refractivity contribution in [1.82, 2.24) is 19.5 Å². The van der Waals surface area contributed by atoms with E-state index in [-0.39, 0.29) is 5.41 Å². The lowest BCUT2D eigenvalue weighted by atomic mass is 9.95. The number of hydrogen-bond acceptors (Lipinski definition) is 4. The van der Waals surface area contributed by atoms with Crippen LogP contribution in [-0.4, -0.2) is 26.1 Å². The average Bonchev–Trinajstić information content (AvgIpc) is 2.92. The first-order valence-electron chi connectivity index (χ1n) is 7.60. The molecule has 0 aliphatic heterocycles. The third kappa shape index (κ3) is 3.60. The fourth-order valence-corrected chi connectivity index (χ4v) is 2.04. The second-order valence-electron chi connectivity index (χ2n) is 6.18. The molecule has 0 aliphatic rings. The third-order valence-corrected chi connectivity index (χ3v) is 3.24. The molecule has 1 N–H and O–H groups in total. The van der Waals surface area contributed by atoms with Gasteiger partial charge in [0, 0.05) is 37.0 Å². The summed E-state index contributed by atoms with van der Waals surface area (Å²) < 4.78 is 2.10. The molecule has 2 aromatic rings. The highest BCUT2D eigenvalue weighted by Crippen LogP contribution is 2.24. The van der Waals surface area contributed by atoms with Crippen LogP contribution in [-0.2, 0) is 12.0 Å². The minimum atomic E-state index is -0.0949. The van der Waals surface area contributed by atoms with Crippen molar-refractivity contribution in [2.24, 2.45) is 0 Å².